The highest BCUT2D eigenvalue weighted by atomic mass is 16.5. The fourth-order valence-corrected chi connectivity index (χ4v) is 1.74. The SMILES string of the molecule is COc1cc(NC(=O)Cn2cc(CN)nn2)cc(OC)c1. The van der Waals surface area contributed by atoms with Gasteiger partial charge in [0.05, 0.1) is 26.1 Å². The van der Waals surface area contributed by atoms with Gasteiger partial charge < -0.3 is 20.5 Å². The quantitative estimate of drug-likeness (QED) is 0.798. The van der Waals surface area contributed by atoms with E-state index in [1.165, 1.54) is 4.68 Å². The van der Waals surface area contributed by atoms with E-state index in [1.807, 2.05) is 0 Å². The zero-order valence-electron chi connectivity index (χ0n) is 11.9. The van der Waals surface area contributed by atoms with E-state index in [-0.39, 0.29) is 19.0 Å². The molecule has 112 valence electrons. The molecule has 0 atom stereocenters. The molecule has 8 nitrogen and oxygen atoms in total. The average Bonchev–Trinajstić information content (AvgIpc) is 2.94. The van der Waals surface area contributed by atoms with Crippen LogP contribution in [0.25, 0.3) is 0 Å². The first-order valence-corrected chi connectivity index (χ1v) is 6.26. The number of nitrogens with zero attached hydrogens (tertiary/aromatic N) is 3. The molecule has 0 fully saturated rings. The van der Waals surface area contributed by atoms with E-state index in [2.05, 4.69) is 15.6 Å². The summed E-state index contributed by atoms with van der Waals surface area (Å²) < 4.78 is 11.7. The minimum atomic E-state index is -0.237. The van der Waals surface area contributed by atoms with Crippen molar-refractivity contribution in [2.75, 3.05) is 19.5 Å². The Kier molecular flexibility index (Phi) is 4.72. The Hall–Kier alpha value is -2.61. The number of aromatic nitrogens is 3. The number of anilines is 1. The third-order valence-corrected chi connectivity index (χ3v) is 2.74. The van der Waals surface area contributed by atoms with Crippen LogP contribution in [0.1, 0.15) is 5.69 Å². The van der Waals surface area contributed by atoms with Crippen LogP contribution in [0.4, 0.5) is 5.69 Å². The molecule has 1 aromatic carbocycles. The largest absolute Gasteiger partial charge is 0.497 e. The standard InChI is InChI=1S/C13H17N5O3/c1-20-11-3-9(4-12(5-11)21-2)15-13(19)8-18-7-10(6-14)16-17-18/h3-5,7H,6,8,14H2,1-2H3,(H,15,19). The summed E-state index contributed by atoms with van der Waals surface area (Å²) in [5, 5.41) is 10.4. The number of nitrogens with two attached hydrogens (primary N) is 1. The van der Waals surface area contributed by atoms with Crippen LogP contribution in [0.15, 0.2) is 24.4 Å². The summed E-state index contributed by atoms with van der Waals surface area (Å²) >= 11 is 0. The van der Waals surface area contributed by atoms with Crippen molar-refractivity contribution >= 4 is 11.6 Å². The fraction of sp³-hybridized carbons (Fsp3) is 0.308. The van der Waals surface area contributed by atoms with Gasteiger partial charge in [0, 0.05) is 30.4 Å². The van der Waals surface area contributed by atoms with Gasteiger partial charge in [0.1, 0.15) is 18.0 Å². The van der Waals surface area contributed by atoms with E-state index in [4.69, 9.17) is 15.2 Å². The van der Waals surface area contributed by atoms with E-state index in [9.17, 15) is 4.79 Å². The van der Waals surface area contributed by atoms with Crippen LogP contribution in [-0.2, 0) is 17.9 Å². The second-order valence-electron chi connectivity index (χ2n) is 4.26. The molecule has 1 heterocycles. The van der Waals surface area contributed by atoms with Gasteiger partial charge in [-0.25, -0.2) is 4.68 Å². The van der Waals surface area contributed by atoms with Crippen LogP contribution >= 0.6 is 0 Å². The topological polar surface area (TPSA) is 104 Å². The second-order valence-corrected chi connectivity index (χ2v) is 4.26. The Morgan fingerprint density at radius 3 is 2.48 bits per heavy atom. The molecule has 8 heteroatoms. The van der Waals surface area contributed by atoms with Gasteiger partial charge in [-0.3, -0.25) is 4.79 Å². The lowest BCUT2D eigenvalue weighted by atomic mass is 10.2. The predicted octanol–water partition coefficient (Wildman–Crippen LogP) is 0.393. The van der Waals surface area contributed by atoms with Crippen molar-refractivity contribution in [2.24, 2.45) is 5.73 Å². The molecule has 0 saturated heterocycles. The van der Waals surface area contributed by atoms with Gasteiger partial charge in [-0.2, -0.15) is 0 Å². The van der Waals surface area contributed by atoms with Gasteiger partial charge in [-0.1, -0.05) is 5.21 Å². The molecule has 1 amide bonds. The van der Waals surface area contributed by atoms with Crippen molar-refractivity contribution in [1.29, 1.82) is 0 Å². The Balaban J connectivity index is 2.04. The molecule has 0 aliphatic rings. The normalized spacial score (nSPS) is 10.2. The molecule has 3 N–H and O–H groups in total. The van der Waals surface area contributed by atoms with Crippen molar-refractivity contribution in [3.63, 3.8) is 0 Å². The maximum atomic E-state index is 12.0. The number of hydrogen-bond donors (Lipinski definition) is 2. The number of amides is 1. The van der Waals surface area contributed by atoms with E-state index >= 15 is 0 Å². The zero-order valence-corrected chi connectivity index (χ0v) is 11.9. The van der Waals surface area contributed by atoms with Gasteiger partial charge in [-0.15, -0.1) is 5.10 Å². The summed E-state index contributed by atoms with van der Waals surface area (Å²) in [7, 11) is 3.09. The highest BCUT2D eigenvalue weighted by Crippen LogP contribution is 2.25. The Morgan fingerprint density at radius 1 is 1.29 bits per heavy atom. The zero-order chi connectivity index (χ0) is 15.2. The van der Waals surface area contributed by atoms with Crippen LogP contribution in [0.5, 0.6) is 11.5 Å². The van der Waals surface area contributed by atoms with E-state index in [0.29, 0.717) is 22.9 Å². The second kappa shape index (κ2) is 6.71. The first-order chi connectivity index (χ1) is 10.1. The Labute approximate surface area is 121 Å². The van der Waals surface area contributed by atoms with E-state index in [0.717, 1.165) is 0 Å². The number of rotatable bonds is 6. The van der Waals surface area contributed by atoms with Gasteiger partial charge in [0.2, 0.25) is 5.91 Å². The monoisotopic (exact) mass is 291 g/mol. The lowest BCUT2D eigenvalue weighted by molar-refractivity contribution is -0.116. The number of carbonyl (C=O) groups is 1. The lowest BCUT2D eigenvalue weighted by Crippen LogP contribution is -2.19. The van der Waals surface area contributed by atoms with Crippen LogP contribution in [0, 0.1) is 0 Å². The third-order valence-electron chi connectivity index (χ3n) is 2.74. The fourth-order valence-electron chi connectivity index (χ4n) is 1.74. The number of nitrogens with one attached hydrogen (secondary N) is 1. The first-order valence-electron chi connectivity index (χ1n) is 6.26. The van der Waals surface area contributed by atoms with Crippen molar-refractivity contribution in [3.05, 3.63) is 30.1 Å². The molecule has 0 saturated carbocycles. The summed E-state index contributed by atoms with van der Waals surface area (Å²) in [5.41, 5.74) is 6.65. The maximum absolute atomic E-state index is 12.0. The number of methoxy groups -OCH3 is 2. The van der Waals surface area contributed by atoms with Crippen molar-refractivity contribution in [1.82, 2.24) is 15.0 Å². The van der Waals surface area contributed by atoms with Crippen molar-refractivity contribution < 1.29 is 14.3 Å². The molecule has 2 rings (SSSR count). The minimum Gasteiger partial charge on any atom is -0.497 e. The number of ether oxygens (including phenoxy) is 2. The highest BCUT2D eigenvalue weighted by molar-refractivity contribution is 5.90. The van der Waals surface area contributed by atoms with Gasteiger partial charge in [0.25, 0.3) is 0 Å². The number of hydrogen-bond acceptors (Lipinski definition) is 6. The summed E-state index contributed by atoms with van der Waals surface area (Å²) in [6.07, 6.45) is 1.63. The number of benzene rings is 1. The Morgan fingerprint density at radius 2 is 1.95 bits per heavy atom. The predicted molar refractivity (Wildman–Crippen MR) is 76.1 cm³/mol. The molecule has 0 aliphatic heterocycles. The number of carbonyl (C=O) groups excluding carboxylic acids is 1. The average molecular weight is 291 g/mol. The molecule has 2 aromatic rings. The molecule has 0 spiro atoms. The van der Waals surface area contributed by atoms with Gasteiger partial charge in [-0.05, 0) is 0 Å². The van der Waals surface area contributed by atoms with Gasteiger partial charge >= 0.3 is 0 Å². The molecule has 21 heavy (non-hydrogen) atoms. The Bertz CT molecular complexity index is 604. The molecule has 0 radical (unpaired) electrons. The summed E-state index contributed by atoms with van der Waals surface area (Å²) in [4.78, 5) is 12.0. The lowest BCUT2D eigenvalue weighted by Gasteiger charge is -2.09. The van der Waals surface area contributed by atoms with E-state index < -0.39 is 0 Å². The van der Waals surface area contributed by atoms with E-state index in [1.54, 1.807) is 38.6 Å². The summed E-state index contributed by atoms with van der Waals surface area (Å²) in [6, 6.07) is 5.13. The summed E-state index contributed by atoms with van der Waals surface area (Å²) in [6.45, 7) is 0.335. The van der Waals surface area contributed by atoms with Crippen LogP contribution in [0.2, 0.25) is 0 Å². The molecule has 0 aliphatic carbocycles. The smallest absolute Gasteiger partial charge is 0.246 e. The molecule has 0 bridgehead atoms. The maximum Gasteiger partial charge on any atom is 0.246 e. The third kappa shape index (κ3) is 3.93. The van der Waals surface area contributed by atoms with Crippen LogP contribution in [0.3, 0.4) is 0 Å². The van der Waals surface area contributed by atoms with Crippen LogP contribution in [-0.4, -0.2) is 35.1 Å². The molecular weight excluding hydrogens is 274 g/mol. The van der Waals surface area contributed by atoms with Crippen molar-refractivity contribution in [2.45, 2.75) is 13.1 Å². The molecule has 1 aromatic heterocycles. The first kappa shape index (κ1) is 14.8. The highest BCUT2D eigenvalue weighted by Gasteiger charge is 2.08. The minimum absolute atomic E-state index is 0.0481. The molecule has 0 unspecified atom stereocenters. The van der Waals surface area contributed by atoms with Gasteiger partial charge in [0.15, 0.2) is 0 Å². The summed E-state index contributed by atoms with van der Waals surface area (Å²) in [5.74, 6) is 0.949. The van der Waals surface area contributed by atoms with Crippen molar-refractivity contribution in [3.8, 4) is 11.5 Å². The van der Waals surface area contributed by atoms with Crippen LogP contribution < -0.4 is 20.5 Å². The molecular formula is C13H17N5O3.